The molecule has 4 rings (SSSR count). The van der Waals surface area contributed by atoms with Crippen molar-refractivity contribution in [3.63, 3.8) is 0 Å². The third-order valence-electron chi connectivity index (χ3n) is 3.88. The van der Waals surface area contributed by atoms with E-state index in [1.807, 2.05) is 0 Å². The van der Waals surface area contributed by atoms with E-state index < -0.39 is 0 Å². The summed E-state index contributed by atoms with van der Waals surface area (Å²) in [4.78, 5) is 15.5. The van der Waals surface area contributed by atoms with Crippen LogP contribution in [0.4, 0.5) is 10.1 Å². The van der Waals surface area contributed by atoms with Crippen LogP contribution in [0.1, 0.15) is 16.1 Å². The molecule has 1 amide bonds. The van der Waals surface area contributed by atoms with Gasteiger partial charge < -0.3 is 19.8 Å². The van der Waals surface area contributed by atoms with Gasteiger partial charge in [-0.3, -0.25) is 4.79 Å². The Balaban J connectivity index is 1.65. The Labute approximate surface area is 131 Å². The summed E-state index contributed by atoms with van der Waals surface area (Å²) in [7, 11) is 0. The lowest BCUT2D eigenvalue weighted by Gasteiger charge is -2.05. The fraction of sp³-hybridized carbons (Fsp3) is 0.118. The van der Waals surface area contributed by atoms with Crippen LogP contribution in [0.25, 0.3) is 10.9 Å². The molecule has 2 N–H and O–H groups in total. The first-order valence-electron chi connectivity index (χ1n) is 7.10. The molecule has 0 fully saturated rings. The van der Waals surface area contributed by atoms with E-state index >= 15 is 0 Å². The number of anilines is 1. The van der Waals surface area contributed by atoms with Gasteiger partial charge in [0.2, 0.25) is 6.79 Å². The number of amides is 1. The average Bonchev–Trinajstić information content (AvgIpc) is 3.12. The van der Waals surface area contributed by atoms with Crippen molar-refractivity contribution >= 4 is 22.5 Å². The monoisotopic (exact) mass is 312 g/mol. The van der Waals surface area contributed by atoms with Gasteiger partial charge in [-0.2, -0.15) is 0 Å². The van der Waals surface area contributed by atoms with E-state index in [9.17, 15) is 9.18 Å². The minimum atomic E-state index is -0.331. The Bertz CT molecular complexity index is 933. The first kappa shape index (κ1) is 13.6. The summed E-state index contributed by atoms with van der Waals surface area (Å²) in [6.45, 7) is 1.96. The summed E-state index contributed by atoms with van der Waals surface area (Å²) >= 11 is 0. The molecule has 23 heavy (non-hydrogen) atoms. The highest BCUT2D eigenvalue weighted by atomic mass is 19.1. The summed E-state index contributed by atoms with van der Waals surface area (Å²) < 4.78 is 23.9. The number of nitrogens with one attached hydrogen (secondary N) is 2. The number of hydrogen-bond acceptors (Lipinski definition) is 3. The zero-order valence-electron chi connectivity index (χ0n) is 12.3. The molecular weight excluding hydrogens is 299 g/mol. The summed E-state index contributed by atoms with van der Waals surface area (Å²) in [6.07, 6.45) is 0. The smallest absolute Gasteiger partial charge is 0.272 e. The number of aryl methyl sites for hydroxylation is 1. The van der Waals surface area contributed by atoms with Crippen LogP contribution in [-0.2, 0) is 0 Å². The maximum Gasteiger partial charge on any atom is 0.272 e. The second kappa shape index (κ2) is 5.01. The van der Waals surface area contributed by atoms with E-state index in [0.29, 0.717) is 33.8 Å². The second-order valence-corrected chi connectivity index (χ2v) is 5.34. The number of halogens is 1. The van der Waals surface area contributed by atoms with Crippen molar-refractivity contribution in [2.24, 2.45) is 0 Å². The fourth-order valence-electron chi connectivity index (χ4n) is 2.69. The van der Waals surface area contributed by atoms with Gasteiger partial charge in [0, 0.05) is 22.7 Å². The Morgan fingerprint density at radius 3 is 2.87 bits per heavy atom. The molecule has 1 aliphatic rings. The molecule has 2 aromatic carbocycles. The molecule has 0 saturated carbocycles. The number of aromatic nitrogens is 1. The van der Waals surface area contributed by atoms with Gasteiger partial charge >= 0.3 is 0 Å². The van der Waals surface area contributed by atoms with Gasteiger partial charge in [0.15, 0.2) is 11.5 Å². The minimum absolute atomic E-state index is 0.180. The van der Waals surface area contributed by atoms with Gasteiger partial charge in [0.05, 0.1) is 0 Å². The second-order valence-electron chi connectivity index (χ2n) is 5.34. The van der Waals surface area contributed by atoms with E-state index in [4.69, 9.17) is 9.47 Å². The molecule has 0 atom stereocenters. The number of ether oxygens (including phenoxy) is 2. The quantitative estimate of drug-likeness (QED) is 0.760. The van der Waals surface area contributed by atoms with Gasteiger partial charge in [0.25, 0.3) is 5.91 Å². The molecule has 0 spiro atoms. The summed E-state index contributed by atoms with van der Waals surface area (Å²) in [5.74, 6) is 0.624. The zero-order valence-corrected chi connectivity index (χ0v) is 12.3. The molecule has 2 heterocycles. The Morgan fingerprint density at radius 1 is 1.17 bits per heavy atom. The van der Waals surface area contributed by atoms with E-state index in [1.165, 1.54) is 12.1 Å². The molecule has 1 aromatic heterocycles. The molecular formula is C17H13FN2O3. The molecule has 0 unspecified atom stereocenters. The van der Waals surface area contributed by atoms with Gasteiger partial charge in [0.1, 0.15) is 11.5 Å². The van der Waals surface area contributed by atoms with E-state index in [2.05, 4.69) is 10.3 Å². The predicted molar refractivity (Wildman–Crippen MR) is 83.5 cm³/mol. The third-order valence-corrected chi connectivity index (χ3v) is 3.88. The highest BCUT2D eigenvalue weighted by Crippen LogP contribution is 2.34. The standard InChI is InChI=1S/C17H13FN2O3/c1-9-12-6-10(18)2-4-13(12)20-16(9)17(21)19-11-3-5-14-15(7-11)23-8-22-14/h2-7,20H,8H2,1H3,(H,19,21). The van der Waals surface area contributed by atoms with Gasteiger partial charge in [-0.15, -0.1) is 0 Å². The number of carbonyl (C=O) groups is 1. The Morgan fingerprint density at radius 2 is 2.00 bits per heavy atom. The van der Waals surface area contributed by atoms with Crippen LogP contribution in [0, 0.1) is 12.7 Å². The molecule has 5 nitrogen and oxygen atoms in total. The Hall–Kier alpha value is -3.02. The van der Waals surface area contributed by atoms with E-state index in [0.717, 1.165) is 5.52 Å². The lowest BCUT2D eigenvalue weighted by atomic mass is 10.1. The first-order chi connectivity index (χ1) is 11.1. The first-order valence-corrected chi connectivity index (χ1v) is 7.10. The molecule has 3 aromatic rings. The number of aromatic amines is 1. The van der Waals surface area contributed by atoms with Crippen LogP contribution in [0.3, 0.4) is 0 Å². The number of hydrogen-bond donors (Lipinski definition) is 2. The topological polar surface area (TPSA) is 63.4 Å². The largest absolute Gasteiger partial charge is 0.454 e. The van der Waals surface area contributed by atoms with Crippen molar-refractivity contribution < 1.29 is 18.7 Å². The predicted octanol–water partition coefficient (Wildman–Crippen LogP) is 3.60. The lowest BCUT2D eigenvalue weighted by Crippen LogP contribution is -2.13. The van der Waals surface area contributed by atoms with Crippen molar-refractivity contribution in [3.05, 3.63) is 53.5 Å². The molecule has 0 aliphatic carbocycles. The van der Waals surface area contributed by atoms with Crippen molar-refractivity contribution in [1.29, 1.82) is 0 Å². The van der Waals surface area contributed by atoms with E-state index in [-0.39, 0.29) is 18.5 Å². The maximum absolute atomic E-state index is 13.4. The summed E-state index contributed by atoms with van der Waals surface area (Å²) in [5.41, 5.74) is 2.43. The SMILES string of the molecule is Cc1c(C(=O)Nc2ccc3c(c2)OCO3)[nH]c2ccc(F)cc12. The van der Waals surface area contributed by atoms with Gasteiger partial charge in [-0.1, -0.05) is 0 Å². The Kier molecular flexibility index (Phi) is 2.97. The highest BCUT2D eigenvalue weighted by molar-refractivity contribution is 6.07. The molecule has 0 radical (unpaired) electrons. The van der Waals surface area contributed by atoms with Gasteiger partial charge in [-0.25, -0.2) is 4.39 Å². The van der Waals surface area contributed by atoms with Crippen LogP contribution in [0.15, 0.2) is 36.4 Å². The average molecular weight is 312 g/mol. The minimum Gasteiger partial charge on any atom is -0.454 e. The normalized spacial score (nSPS) is 12.6. The van der Waals surface area contributed by atoms with Crippen LogP contribution in [0.5, 0.6) is 11.5 Å². The van der Waals surface area contributed by atoms with Crippen LogP contribution in [-0.4, -0.2) is 17.7 Å². The molecule has 116 valence electrons. The van der Waals surface area contributed by atoms with Crippen molar-refractivity contribution in [3.8, 4) is 11.5 Å². The van der Waals surface area contributed by atoms with Crippen LogP contribution in [0.2, 0.25) is 0 Å². The summed E-state index contributed by atoms with van der Waals surface area (Å²) in [5, 5.41) is 3.50. The van der Waals surface area contributed by atoms with Gasteiger partial charge in [-0.05, 0) is 42.8 Å². The van der Waals surface area contributed by atoms with Crippen molar-refractivity contribution in [1.82, 2.24) is 4.98 Å². The van der Waals surface area contributed by atoms with E-state index in [1.54, 1.807) is 31.2 Å². The zero-order chi connectivity index (χ0) is 16.0. The fourth-order valence-corrected chi connectivity index (χ4v) is 2.69. The summed E-state index contributed by atoms with van der Waals surface area (Å²) in [6, 6.07) is 9.58. The highest BCUT2D eigenvalue weighted by Gasteiger charge is 2.18. The third kappa shape index (κ3) is 2.28. The van der Waals surface area contributed by atoms with Crippen molar-refractivity contribution in [2.75, 3.05) is 12.1 Å². The number of rotatable bonds is 2. The maximum atomic E-state index is 13.4. The van der Waals surface area contributed by atoms with Crippen LogP contribution >= 0.6 is 0 Å². The molecule has 0 saturated heterocycles. The van der Waals surface area contributed by atoms with Crippen LogP contribution < -0.4 is 14.8 Å². The molecule has 1 aliphatic heterocycles. The molecule has 0 bridgehead atoms. The number of fused-ring (bicyclic) bond motifs is 2. The number of H-pyrrole nitrogens is 1. The van der Waals surface area contributed by atoms with Crippen molar-refractivity contribution in [2.45, 2.75) is 6.92 Å². The number of carbonyl (C=O) groups excluding carboxylic acids is 1. The molecule has 6 heteroatoms. The number of benzene rings is 2. The lowest BCUT2D eigenvalue weighted by molar-refractivity contribution is 0.102.